The van der Waals surface area contributed by atoms with Gasteiger partial charge in [0.1, 0.15) is 17.0 Å². The maximum absolute atomic E-state index is 13.1. The van der Waals surface area contributed by atoms with Crippen molar-refractivity contribution in [3.8, 4) is 11.1 Å². The zero-order chi connectivity index (χ0) is 20.8. The SMILES string of the molecule is Cc1sc2ncnc(Nc3cc(C(F)(F)F)ccc3Cl)c2c1-c1ccc(Cl)cc1. The highest BCUT2D eigenvalue weighted by Crippen LogP contribution is 2.42. The lowest BCUT2D eigenvalue weighted by atomic mass is 10.0. The number of aryl methyl sites for hydroxylation is 1. The van der Waals surface area contributed by atoms with E-state index in [1.165, 1.54) is 23.7 Å². The van der Waals surface area contributed by atoms with E-state index in [2.05, 4.69) is 15.3 Å². The number of halogens is 5. The van der Waals surface area contributed by atoms with Crippen LogP contribution in [0, 0.1) is 6.92 Å². The van der Waals surface area contributed by atoms with E-state index in [0.717, 1.165) is 28.1 Å². The standard InChI is InChI=1S/C20H12Cl2F3N3S/c1-10-16(11-2-5-13(21)6-3-11)17-18(26-9-27-19(17)29-10)28-15-8-12(20(23,24)25)4-7-14(15)22/h2-9H,1H3,(H,26,27,28). The summed E-state index contributed by atoms with van der Waals surface area (Å²) in [6.45, 7) is 1.96. The second-order valence-electron chi connectivity index (χ2n) is 6.26. The van der Waals surface area contributed by atoms with Crippen LogP contribution in [0.25, 0.3) is 21.3 Å². The first-order valence-corrected chi connectivity index (χ1v) is 9.95. The summed E-state index contributed by atoms with van der Waals surface area (Å²) in [6, 6.07) is 10.4. The second kappa shape index (κ2) is 7.48. The van der Waals surface area contributed by atoms with Gasteiger partial charge >= 0.3 is 6.18 Å². The Bertz CT molecular complexity index is 1200. The molecule has 0 saturated carbocycles. The van der Waals surface area contributed by atoms with Gasteiger partial charge in [-0.1, -0.05) is 35.3 Å². The average Bonchev–Trinajstić information content (AvgIpc) is 3.00. The molecule has 29 heavy (non-hydrogen) atoms. The minimum Gasteiger partial charge on any atom is -0.338 e. The molecule has 0 radical (unpaired) electrons. The molecule has 3 nitrogen and oxygen atoms in total. The third-order valence-electron chi connectivity index (χ3n) is 4.34. The number of hydrogen-bond acceptors (Lipinski definition) is 4. The molecule has 4 aromatic rings. The number of aromatic nitrogens is 2. The van der Waals surface area contributed by atoms with E-state index in [1.54, 1.807) is 12.1 Å². The van der Waals surface area contributed by atoms with Gasteiger partial charge in [-0.15, -0.1) is 11.3 Å². The molecule has 9 heteroatoms. The van der Waals surface area contributed by atoms with Gasteiger partial charge in [-0.3, -0.25) is 0 Å². The molecule has 1 N–H and O–H groups in total. The highest BCUT2D eigenvalue weighted by atomic mass is 35.5. The molecule has 0 aliphatic carbocycles. The van der Waals surface area contributed by atoms with Gasteiger partial charge in [0.15, 0.2) is 0 Å². The fourth-order valence-electron chi connectivity index (χ4n) is 3.03. The number of fused-ring (bicyclic) bond motifs is 1. The summed E-state index contributed by atoms with van der Waals surface area (Å²) in [4.78, 5) is 10.3. The molecule has 2 heterocycles. The number of benzene rings is 2. The van der Waals surface area contributed by atoms with Crippen molar-refractivity contribution in [3.05, 3.63) is 69.3 Å². The van der Waals surface area contributed by atoms with E-state index in [9.17, 15) is 13.2 Å². The Hall–Kier alpha value is -2.35. The largest absolute Gasteiger partial charge is 0.416 e. The predicted octanol–water partition coefficient (Wildman–Crippen LogP) is 7.74. The number of thiophene rings is 1. The Kier molecular flexibility index (Phi) is 5.14. The summed E-state index contributed by atoms with van der Waals surface area (Å²) in [5, 5.41) is 4.44. The number of nitrogens with zero attached hydrogens (tertiary/aromatic N) is 2. The van der Waals surface area contributed by atoms with Crippen LogP contribution in [0.3, 0.4) is 0 Å². The lowest BCUT2D eigenvalue weighted by Crippen LogP contribution is -2.06. The van der Waals surface area contributed by atoms with Gasteiger partial charge in [0, 0.05) is 15.5 Å². The van der Waals surface area contributed by atoms with Crippen LogP contribution < -0.4 is 5.32 Å². The fraction of sp³-hybridized carbons (Fsp3) is 0.100. The Labute approximate surface area is 178 Å². The molecular weight excluding hydrogens is 442 g/mol. The van der Waals surface area contributed by atoms with E-state index < -0.39 is 11.7 Å². The first-order chi connectivity index (χ1) is 13.7. The lowest BCUT2D eigenvalue weighted by molar-refractivity contribution is -0.137. The Morgan fingerprint density at radius 2 is 1.72 bits per heavy atom. The quantitative estimate of drug-likeness (QED) is 0.344. The van der Waals surface area contributed by atoms with E-state index in [0.29, 0.717) is 21.1 Å². The van der Waals surface area contributed by atoms with Crippen molar-refractivity contribution in [1.29, 1.82) is 0 Å². The Morgan fingerprint density at radius 1 is 1.00 bits per heavy atom. The molecule has 0 spiro atoms. The lowest BCUT2D eigenvalue weighted by Gasteiger charge is -2.13. The number of nitrogens with one attached hydrogen (secondary N) is 1. The number of hydrogen-bond donors (Lipinski definition) is 1. The maximum atomic E-state index is 13.1. The third kappa shape index (κ3) is 3.90. The molecular formula is C20H12Cl2F3N3S. The highest BCUT2D eigenvalue weighted by Gasteiger charge is 2.31. The van der Waals surface area contributed by atoms with E-state index in [-0.39, 0.29) is 10.7 Å². The first-order valence-electron chi connectivity index (χ1n) is 8.38. The third-order valence-corrected chi connectivity index (χ3v) is 5.94. The minimum atomic E-state index is -4.48. The van der Waals surface area contributed by atoms with Crippen molar-refractivity contribution >= 4 is 56.3 Å². The number of anilines is 2. The highest BCUT2D eigenvalue weighted by molar-refractivity contribution is 7.19. The summed E-state index contributed by atoms with van der Waals surface area (Å²) in [7, 11) is 0. The normalized spacial score (nSPS) is 11.8. The van der Waals surface area contributed by atoms with Gasteiger partial charge in [0.2, 0.25) is 0 Å². The first kappa shape index (κ1) is 19.9. The van der Waals surface area contributed by atoms with Crippen molar-refractivity contribution in [2.75, 3.05) is 5.32 Å². The molecule has 2 aromatic carbocycles. The molecule has 0 bridgehead atoms. The van der Waals surface area contributed by atoms with Gasteiger partial charge in [0.05, 0.1) is 21.7 Å². The van der Waals surface area contributed by atoms with Crippen LogP contribution >= 0.6 is 34.5 Å². The van der Waals surface area contributed by atoms with Gasteiger partial charge in [-0.2, -0.15) is 13.2 Å². The van der Waals surface area contributed by atoms with Crippen molar-refractivity contribution < 1.29 is 13.2 Å². The second-order valence-corrected chi connectivity index (χ2v) is 8.31. The maximum Gasteiger partial charge on any atom is 0.416 e. The number of alkyl halides is 3. The Morgan fingerprint density at radius 3 is 2.41 bits per heavy atom. The van der Waals surface area contributed by atoms with Crippen molar-refractivity contribution in [2.24, 2.45) is 0 Å². The topological polar surface area (TPSA) is 37.8 Å². The summed E-state index contributed by atoms with van der Waals surface area (Å²) in [6.07, 6.45) is -3.11. The molecule has 0 aliphatic heterocycles. The molecule has 0 fully saturated rings. The van der Waals surface area contributed by atoms with Crippen LogP contribution in [0.5, 0.6) is 0 Å². The van der Waals surface area contributed by atoms with Gasteiger partial charge in [-0.25, -0.2) is 9.97 Å². The van der Waals surface area contributed by atoms with Crippen LogP contribution in [-0.2, 0) is 6.18 Å². The van der Waals surface area contributed by atoms with E-state index in [1.807, 2.05) is 19.1 Å². The molecule has 148 valence electrons. The van der Waals surface area contributed by atoms with Gasteiger partial charge in [0.25, 0.3) is 0 Å². The molecule has 0 saturated heterocycles. The zero-order valence-corrected chi connectivity index (χ0v) is 17.1. The molecule has 2 aromatic heterocycles. The molecule has 0 amide bonds. The van der Waals surface area contributed by atoms with Crippen LogP contribution in [0.1, 0.15) is 10.4 Å². The zero-order valence-electron chi connectivity index (χ0n) is 14.8. The van der Waals surface area contributed by atoms with Crippen molar-refractivity contribution in [1.82, 2.24) is 9.97 Å². The summed E-state index contributed by atoms with van der Waals surface area (Å²) >= 11 is 13.6. The van der Waals surface area contributed by atoms with Crippen molar-refractivity contribution in [2.45, 2.75) is 13.1 Å². The Balaban J connectivity index is 1.87. The summed E-state index contributed by atoms with van der Waals surface area (Å²) in [5.74, 6) is 0.380. The smallest absolute Gasteiger partial charge is 0.338 e. The molecule has 0 unspecified atom stereocenters. The summed E-state index contributed by atoms with van der Waals surface area (Å²) in [5.41, 5.74) is 1.13. The monoisotopic (exact) mass is 453 g/mol. The molecule has 0 aliphatic rings. The van der Waals surface area contributed by atoms with Crippen molar-refractivity contribution in [3.63, 3.8) is 0 Å². The van der Waals surface area contributed by atoms with Crippen LogP contribution in [0.2, 0.25) is 10.0 Å². The molecule has 4 rings (SSSR count). The fourth-order valence-corrected chi connectivity index (χ4v) is 4.33. The van der Waals surface area contributed by atoms with Crippen LogP contribution in [-0.4, -0.2) is 9.97 Å². The van der Waals surface area contributed by atoms with E-state index >= 15 is 0 Å². The van der Waals surface area contributed by atoms with Crippen LogP contribution in [0.4, 0.5) is 24.7 Å². The number of rotatable bonds is 3. The van der Waals surface area contributed by atoms with E-state index in [4.69, 9.17) is 23.2 Å². The van der Waals surface area contributed by atoms with Gasteiger partial charge < -0.3 is 5.32 Å². The minimum absolute atomic E-state index is 0.118. The summed E-state index contributed by atoms with van der Waals surface area (Å²) < 4.78 is 39.3. The average molecular weight is 454 g/mol. The molecule has 0 atom stereocenters. The van der Waals surface area contributed by atoms with Gasteiger partial charge in [-0.05, 0) is 42.8 Å². The van der Waals surface area contributed by atoms with Crippen LogP contribution in [0.15, 0.2) is 48.8 Å². The predicted molar refractivity (Wildman–Crippen MR) is 112 cm³/mol.